The molecule has 0 aliphatic carbocycles. The van der Waals surface area contributed by atoms with Crippen LogP contribution in [0.1, 0.15) is 35.3 Å². The Morgan fingerprint density at radius 3 is 2.11 bits per heavy atom. The van der Waals surface area contributed by atoms with Crippen LogP contribution in [0, 0.1) is 0 Å². The lowest BCUT2D eigenvalue weighted by Crippen LogP contribution is -2.50. The first-order valence-electron chi connectivity index (χ1n) is 11.7. The number of carbonyl (C=O) groups is 2. The molecule has 2 amide bonds. The maximum atomic E-state index is 13.4. The van der Waals surface area contributed by atoms with Gasteiger partial charge in [-0.3, -0.25) is 9.59 Å². The number of amides is 2. The van der Waals surface area contributed by atoms with Crippen LogP contribution in [0.15, 0.2) is 83.8 Å². The fourth-order valence-electron chi connectivity index (χ4n) is 4.37. The second kappa shape index (κ2) is 10.4. The fraction of sp³-hybridized carbons (Fsp3) is 0.259. The van der Waals surface area contributed by atoms with Gasteiger partial charge in [0, 0.05) is 37.3 Å². The Morgan fingerprint density at radius 1 is 0.886 bits per heavy atom. The van der Waals surface area contributed by atoms with E-state index in [1.165, 1.54) is 16.4 Å². The monoisotopic (exact) mass is 491 g/mol. The molecule has 0 bridgehead atoms. The third-order valence-corrected chi connectivity index (χ3v) is 8.36. The van der Waals surface area contributed by atoms with Crippen LogP contribution in [-0.2, 0) is 27.8 Å². The summed E-state index contributed by atoms with van der Waals surface area (Å²) >= 11 is 0. The Labute approximate surface area is 206 Å². The highest BCUT2D eigenvalue weighted by molar-refractivity contribution is 7.89. The highest BCUT2D eigenvalue weighted by atomic mass is 32.2. The van der Waals surface area contributed by atoms with E-state index in [4.69, 9.17) is 0 Å². The molecule has 1 heterocycles. The molecular weight excluding hydrogens is 462 g/mol. The number of sulfonamides is 1. The summed E-state index contributed by atoms with van der Waals surface area (Å²) in [6.45, 7) is 4.68. The Balaban J connectivity index is 1.57. The molecule has 3 aromatic carbocycles. The van der Waals surface area contributed by atoms with Crippen LogP contribution < -0.4 is 5.32 Å². The maximum Gasteiger partial charge on any atom is 0.254 e. The Morgan fingerprint density at radius 2 is 1.49 bits per heavy atom. The molecule has 0 fully saturated rings. The van der Waals surface area contributed by atoms with Crippen molar-refractivity contribution in [1.82, 2.24) is 9.21 Å². The molecule has 182 valence electrons. The van der Waals surface area contributed by atoms with Gasteiger partial charge in [-0.05, 0) is 47.5 Å². The van der Waals surface area contributed by atoms with E-state index < -0.39 is 16.1 Å². The van der Waals surface area contributed by atoms with Crippen molar-refractivity contribution in [2.45, 2.75) is 37.8 Å². The van der Waals surface area contributed by atoms with Crippen LogP contribution in [0.2, 0.25) is 0 Å². The van der Waals surface area contributed by atoms with Gasteiger partial charge in [0.05, 0.1) is 4.90 Å². The van der Waals surface area contributed by atoms with Crippen LogP contribution in [0.4, 0.5) is 5.69 Å². The number of hydrogen-bond acceptors (Lipinski definition) is 4. The van der Waals surface area contributed by atoms with Crippen LogP contribution in [0.25, 0.3) is 0 Å². The molecular formula is C27H29N3O4S. The van der Waals surface area contributed by atoms with E-state index in [1.807, 2.05) is 30.3 Å². The van der Waals surface area contributed by atoms with Crippen LogP contribution in [0.3, 0.4) is 0 Å². The zero-order chi connectivity index (χ0) is 25.0. The summed E-state index contributed by atoms with van der Waals surface area (Å²) in [6.07, 6.45) is 0.398. The first-order valence-corrected chi connectivity index (χ1v) is 13.1. The molecule has 0 spiro atoms. The third kappa shape index (κ3) is 5.13. The largest absolute Gasteiger partial charge is 0.324 e. The summed E-state index contributed by atoms with van der Waals surface area (Å²) in [5, 5.41) is 2.87. The van der Waals surface area contributed by atoms with E-state index in [0.29, 0.717) is 37.3 Å². The molecule has 8 heteroatoms. The van der Waals surface area contributed by atoms with Gasteiger partial charge in [0.15, 0.2) is 0 Å². The van der Waals surface area contributed by atoms with E-state index in [9.17, 15) is 18.0 Å². The van der Waals surface area contributed by atoms with Gasteiger partial charge in [0.25, 0.3) is 5.91 Å². The first-order chi connectivity index (χ1) is 16.8. The summed E-state index contributed by atoms with van der Waals surface area (Å²) in [6, 6.07) is 22.2. The van der Waals surface area contributed by atoms with Crippen molar-refractivity contribution < 1.29 is 18.0 Å². The Kier molecular flexibility index (Phi) is 7.33. The van der Waals surface area contributed by atoms with Gasteiger partial charge in [-0.15, -0.1) is 0 Å². The highest BCUT2D eigenvalue weighted by Gasteiger charge is 2.35. The Bertz CT molecular complexity index is 1300. The molecule has 4 rings (SSSR count). The lowest BCUT2D eigenvalue weighted by atomic mass is 9.92. The number of nitrogens with zero attached hydrogens (tertiary/aromatic N) is 2. The van der Waals surface area contributed by atoms with Gasteiger partial charge in [-0.1, -0.05) is 56.3 Å². The number of fused-ring (bicyclic) bond motifs is 1. The molecule has 1 aliphatic heterocycles. The average molecular weight is 492 g/mol. The van der Waals surface area contributed by atoms with Gasteiger partial charge < -0.3 is 10.2 Å². The Hall–Kier alpha value is -3.49. The lowest BCUT2D eigenvalue weighted by Gasteiger charge is -2.36. The van der Waals surface area contributed by atoms with Crippen molar-refractivity contribution in [3.05, 3.63) is 95.6 Å². The molecule has 35 heavy (non-hydrogen) atoms. The maximum absolute atomic E-state index is 13.4. The SMILES string of the molecule is CCN(CC)S(=O)(=O)c1ccc(NC(=O)[C@@H]2Cc3ccccc3CN2C(=O)c2ccccc2)cc1. The molecule has 0 saturated carbocycles. The number of benzene rings is 3. The van der Waals surface area contributed by atoms with Crippen molar-refractivity contribution in [2.24, 2.45) is 0 Å². The van der Waals surface area contributed by atoms with Gasteiger partial charge in [0.2, 0.25) is 15.9 Å². The minimum absolute atomic E-state index is 0.173. The molecule has 3 aromatic rings. The third-order valence-electron chi connectivity index (χ3n) is 6.30. The molecule has 0 saturated heterocycles. The summed E-state index contributed by atoms with van der Waals surface area (Å²) < 4.78 is 26.9. The zero-order valence-corrected chi connectivity index (χ0v) is 20.7. The number of hydrogen-bond donors (Lipinski definition) is 1. The highest BCUT2D eigenvalue weighted by Crippen LogP contribution is 2.26. The van der Waals surface area contributed by atoms with Crippen LogP contribution >= 0.6 is 0 Å². The molecule has 1 atom stereocenters. The summed E-state index contributed by atoms with van der Waals surface area (Å²) in [7, 11) is -3.58. The molecule has 1 N–H and O–H groups in total. The van der Waals surface area contributed by atoms with Crippen molar-refractivity contribution in [1.29, 1.82) is 0 Å². The summed E-state index contributed by atoms with van der Waals surface area (Å²) in [5.74, 6) is -0.524. The van der Waals surface area contributed by atoms with Gasteiger partial charge in [-0.2, -0.15) is 4.31 Å². The fourth-order valence-corrected chi connectivity index (χ4v) is 5.82. The minimum atomic E-state index is -3.58. The molecule has 0 unspecified atom stereocenters. The second-order valence-corrected chi connectivity index (χ2v) is 10.3. The molecule has 0 radical (unpaired) electrons. The smallest absolute Gasteiger partial charge is 0.254 e. The zero-order valence-electron chi connectivity index (χ0n) is 19.8. The van der Waals surface area contributed by atoms with E-state index >= 15 is 0 Å². The normalized spacial score (nSPS) is 15.5. The number of nitrogens with one attached hydrogen (secondary N) is 1. The molecule has 1 aliphatic rings. The van der Waals surface area contributed by atoms with E-state index in [2.05, 4.69) is 5.32 Å². The average Bonchev–Trinajstić information content (AvgIpc) is 2.89. The van der Waals surface area contributed by atoms with Crippen molar-refractivity contribution in [3.8, 4) is 0 Å². The van der Waals surface area contributed by atoms with Gasteiger partial charge >= 0.3 is 0 Å². The lowest BCUT2D eigenvalue weighted by molar-refractivity contribution is -0.121. The van der Waals surface area contributed by atoms with E-state index in [0.717, 1.165) is 11.1 Å². The summed E-state index contributed by atoms with van der Waals surface area (Å²) in [5.41, 5.74) is 3.05. The quantitative estimate of drug-likeness (QED) is 0.543. The van der Waals surface area contributed by atoms with Crippen molar-refractivity contribution in [2.75, 3.05) is 18.4 Å². The van der Waals surface area contributed by atoms with Crippen molar-refractivity contribution in [3.63, 3.8) is 0 Å². The van der Waals surface area contributed by atoms with Crippen LogP contribution in [-0.4, -0.2) is 48.6 Å². The number of anilines is 1. The first kappa shape index (κ1) is 24.6. The van der Waals surface area contributed by atoms with Gasteiger partial charge in [-0.25, -0.2) is 8.42 Å². The summed E-state index contributed by atoms with van der Waals surface area (Å²) in [4.78, 5) is 28.5. The standard InChI is InChI=1S/C27H29N3O4S/c1-3-29(4-2)35(33,34)24-16-14-23(15-17-24)28-26(31)25-18-21-12-8-9-13-22(21)19-30(25)27(32)20-10-6-5-7-11-20/h5-17,25H,3-4,18-19H2,1-2H3,(H,28,31)/t25-/m0/s1. The molecule has 7 nitrogen and oxygen atoms in total. The predicted molar refractivity (Wildman–Crippen MR) is 135 cm³/mol. The van der Waals surface area contributed by atoms with Crippen LogP contribution in [0.5, 0.6) is 0 Å². The van der Waals surface area contributed by atoms with E-state index in [-0.39, 0.29) is 16.7 Å². The number of rotatable bonds is 7. The molecule has 0 aromatic heterocycles. The topological polar surface area (TPSA) is 86.8 Å². The number of carbonyl (C=O) groups excluding carboxylic acids is 2. The van der Waals surface area contributed by atoms with Crippen molar-refractivity contribution >= 4 is 27.5 Å². The van der Waals surface area contributed by atoms with E-state index in [1.54, 1.807) is 55.1 Å². The minimum Gasteiger partial charge on any atom is -0.324 e. The van der Waals surface area contributed by atoms with Gasteiger partial charge in [0.1, 0.15) is 6.04 Å². The second-order valence-electron chi connectivity index (χ2n) is 8.39. The predicted octanol–water partition coefficient (Wildman–Crippen LogP) is 3.92.